The van der Waals surface area contributed by atoms with Crippen LogP contribution in [0.25, 0.3) is 21.8 Å². The van der Waals surface area contributed by atoms with Gasteiger partial charge in [-0.2, -0.15) is 0 Å². The summed E-state index contributed by atoms with van der Waals surface area (Å²) in [7, 11) is 0. The van der Waals surface area contributed by atoms with E-state index in [0.29, 0.717) is 0 Å². The zero-order valence-corrected chi connectivity index (χ0v) is 19.8. The molecule has 0 atom stereocenters. The number of hydrogen-bond donors (Lipinski definition) is 0. The number of imidazole rings is 1. The van der Waals surface area contributed by atoms with E-state index in [2.05, 4.69) is 90.0 Å². The van der Waals surface area contributed by atoms with Crippen molar-refractivity contribution in [1.29, 1.82) is 0 Å². The third kappa shape index (κ3) is 5.39. The quantitative estimate of drug-likeness (QED) is 0.241. The Morgan fingerprint density at radius 1 is 0.750 bits per heavy atom. The largest absolute Gasteiger partial charge is 0.328 e. The third-order valence-electron chi connectivity index (χ3n) is 6.47. The van der Waals surface area contributed by atoms with Gasteiger partial charge in [-0.3, -0.25) is 0 Å². The zero-order chi connectivity index (χ0) is 22.2. The minimum atomic E-state index is 0.866. The minimum absolute atomic E-state index is 0.866. The van der Waals surface area contributed by atoms with Gasteiger partial charge in [-0.1, -0.05) is 81.3 Å². The molecular formula is C29H37N3. The molecule has 168 valence electrons. The molecule has 4 aromatic rings. The van der Waals surface area contributed by atoms with Gasteiger partial charge < -0.3 is 9.47 Å². The van der Waals surface area contributed by atoms with E-state index in [1.165, 1.54) is 73.0 Å². The van der Waals surface area contributed by atoms with Crippen LogP contribution in [0.3, 0.4) is 0 Å². The molecule has 0 radical (unpaired) electrons. The monoisotopic (exact) mass is 427 g/mol. The highest BCUT2D eigenvalue weighted by molar-refractivity contribution is 5.86. The first kappa shape index (κ1) is 22.5. The van der Waals surface area contributed by atoms with E-state index in [1.54, 1.807) is 0 Å². The van der Waals surface area contributed by atoms with Gasteiger partial charge >= 0.3 is 0 Å². The van der Waals surface area contributed by atoms with E-state index < -0.39 is 0 Å². The van der Waals surface area contributed by atoms with E-state index in [9.17, 15) is 0 Å². The van der Waals surface area contributed by atoms with Crippen LogP contribution in [0.2, 0.25) is 0 Å². The van der Waals surface area contributed by atoms with Crippen LogP contribution in [0.15, 0.2) is 66.7 Å². The number of para-hydroxylation sites is 2. The molecule has 0 amide bonds. The van der Waals surface area contributed by atoms with Gasteiger partial charge in [0.05, 0.1) is 11.0 Å². The first-order valence-electron chi connectivity index (χ1n) is 12.4. The SMILES string of the molecule is CCCCN(CCCC)CCCn1c(Cc2cccc3ccccc23)nc2ccccc21. The van der Waals surface area contributed by atoms with Crippen LogP contribution < -0.4 is 0 Å². The second kappa shape index (κ2) is 11.3. The Morgan fingerprint density at radius 2 is 1.44 bits per heavy atom. The predicted octanol–water partition coefficient (Wildman–Crippen LogP) is 7.07. The molecule has 0 spiro atoms. The molecule has 0 unspecified atom stereocenters. The van der Waals surface area contributed by atoms with Gasteiger partial charge in [0.1, 0.15) is 5.82 Å². The summed E-state index contributed by atoms with van der Waals surface area (Å²) in [4.78, 5) is 7.72. The van der Waals surface area contributed by atoms with Crippen molar-refractivity contribution in [3.8, 4) is 0 Å². The van der Waals surface area contributed by atoms with Crippen LogP contribution in [-0.4, -0.2) is 34.1 Å². The van der Waals surface area contributed by atoms with Crippen molar-refractivity contribution >= 4 is 21.8 Å². The normalized spacial score (nSPS) is 11.7. The second-order valence-electron chi connectivity index (χ2n) is 8.89. The summed E-state index contributed by atoms with van der Waals surface area (Å²) >= 11 is 0. The predicted molar refractivity (Wildman–Crippen MR) is 137 cm³/mol. The molecule has 3 nitrogen and oxygen atoms in total. The lowest BCUT2D eigenvalue weighted by Gasteiger charge is -2.22. The summed E-state index contributed by atoms with van der Waals surface area (Å²) in [6.45, 7) is 9.22. The number of fused-ring (bicyclic) bond motifs is 2. The molecule has 3 aromatic carbocycles. The smallest absolute Gasteiger partial charge is 0.114 e. The summed E-state index contributed by atoms with van der Waals surface area (Å²) in [6, 6.07) is 23.9. The van der Waals surface area contributed by atoms with Crippen LogP contribution in [0.4, 0.5) is 0 Å². The Kier molecular flexibility index (Phi) is 7.95. The molecule has 4 rings (SSSR count). The van der Waals surface area contributed by atoms with E-state index in [-0.39, 0.29) is 0 Å². The molecule has 1 heterocycles. The standard InChI is InChI=1S/C29H37N3/c1-3-5-19-31(20-6-4-2)21-12-22-32-28-18-10-9-17-27(28)30-29(32)23-25-15-11-14-24-13-7-8-16-26(24)25/h7-11,13-18H,3-6,12,19-23H2,1-2H3. The Balaban J connectivity index is 1.55. The lowest BCUT2D eigenvalue weighted by Crippen LogP contribution is -2.28. The molecule has 0 aliphatic rings. The van der Waals surface area contributed by atoms with Crippen LogP contribution in [0.1, 0.15) is 57.3 Å². The summed E-state index contributed by atoms with van der Waals surface area (Å²) in [5.74, 6) is 1.18. The molecule has 3 heteroatoms. The number of unbranched alkanes of at least 4 members (excludes halogenated alkanes) is 2. The number of aromatic nitrogens is 2. The summed E-state index contributed by atoms with van der Waals surface area (Å²) in [5.41, 5.74) is 3.72. The molecule has 0 aliphatic heterocycles. The summed E-state index contributed by atoms with van der Waals surface area (Å²) < 4.78 is 2.47. The van der Waals surface area contributed by atoms with Gasteiger partial charge in [0, 0.05) is 13.0 Å². The Labute approximate surface area is 193 Å². The van der Waals surface area contributed by atoms with Crippen LogP contribution in [0.5, 0.6) is 0 Å². The third-order valence-corrected chi connectivity index (χ3v) is 6.47. The van der Waals surface area contributed by atoms with Crippen molar-refractivity contribution in [2.45, 2.75) is 58.9 Å². The van der Waals surface area contributed by atoms with Crippen LogP contribution in [0, 0.1) is 0 Å². The topological polar surface area (TPSA) is 21.1 Å². The van der Waals surface area contributed by atoms with Gasteiger partial charge in [-0.15, -0.1) is 0 Å². The van der Waals surface area contributed by atoms with Crippen molar-refractivity contribution in [3.05, 3.63) is 78.1 Å². The number of aryl methyl sites for hydroxylation is 1. The molecular weight excluding hydrogens is 390 g/mol. The van der Waals surface area contributed by atoms with Crippen molar-refractivity contribution < 1.29 is 0 Å². The maximum atomic E-state index is 5.06. The Hall–Kier alpha value is -2.65. The lowest BCUT2D eigenvalue weighted by molar-refractivity contribution is 0.257. The summed E-state index contributed by atoms with van der Waals surface area (Å²) in [6.07, 6.45) is 7.16. The van der Waals surface area contributed by atoms with Gasteiger partial charge in [0.15, 0.2) is 0 Å². The van der Waals surface area contributed by atoms with E-state index >= 15 is 0 Å². The van der Waals surface area contributed by atoms with Crippen LogP contribution >= 0.6 is 0 Å². The first-order chi connectivity index (χ1) is 15.8. The number of nitrogens with zero attached hydrogens (tertiary/aromatic N) is 3. The maximum absolute atomic E-state index is 5.06. The molecule has 0 bridgehead atoms. The molecule has 0 saturated carbocycles. The Morgan fingerprint density at radius 3 is 2.25 bits per heavy atom. The molecule has 0 fully saturated rings. The Bertz CT molecular complexity index is 1110. The highest BCUT2D eigenvalue weighted by atomic mass is 15.1. The van der Waals surface area contributed by atoms with Gasteiger partial charge in [-0.05, 0) is 67.4 Å². The molecule has 0 saturated heterocycles. The van der Waals surface area contributed by atoms with Gasteiger partial charge in [0.25, 0.3) is 0 Å². The average molecular weight is 428 g/mol. The average Bonchev–Trinajstić information content (AvgIpc) is 3.17. The molecule has 0 aliphatic carbocycles. The second-order valence-corrected chi connectivity index (χ2v) is 8.89. The molecule has 0 N–H and O–H groups in total. The van der Waals surface area contributed by atoms with Gasteiger partial charge in [0.2, 0.25) is 0 Å². The van der Waals surface area contributed by atoms with Gasteiger partial charge in [-0.25, -0.2) is 4.98 Å². The highest BCUT2D eigenvalue weighted by Crippen LogP contribution is 2.24. The first-order valence-corrected chi connectivity index (χ1v) is 12.4. The maximum Gasteiger partial charge on any atom is 0.114 e. The number of rotatable bonds is 12. The zero-order valence-electron chi connectivity index (χ0n) is 19.8. The van der Waals surface area contributed by atoms with Crippen molar-refractivity contribution in [1.82, 2.24) is 14.5 Å². The number of hydrogen-bond acceptors (Lipinski definition) is 2. The molecule has 1 aromatic heterocycles. The summed E-state index contributed by atoms with van der Waals surface area (Å²) in [5, 5.41) is 2.63. The minimum Gasteiger partial charge on any atom is -0.328 e. The van der Waals surface area contributed by atoms with Crippen LogP contribution in [-0.2, 0) is 13.0 Å². The van der Waals surface area contributed by atoms with Crippen molar-refractivity contribution in [2.75, 3.05) is 19.6 Å². The fourth-order valence-electron chi connectivity index (χ4n) is 4.68. The fraction of sp³-hybridized carbons (Fsp3) is 0.414. The van der Waals surface area contributed by atoms with E-state index in [0.717, 1.165) is 24.9 Å². The lowest BCUT2D eigenvalue weighted by atomic mass is 10.0. The molecule has 32 heavy (non-hydrogen) atoms. The highest BCUT2D eigenvalue weighted by Gasteiger charge is 2.13. The van der Waals surface area contributed by atoms with Crippen molar-refractivity contribution in [3.63, 3.8) is 0 Å². The fourth-order valence-corrected chi connectivity index (χ4v) is 4.68. The van der Waals surface area contributed by atoms with E-state index in [1.807, 2.05) is 0 Å². The number of benzene rings is 3. The van der Waals surface area contributed by atoms with E-state index in [4.69, 9.17) is 4.98 Å². The van der Waals surface area contributed by atoms with Crippen molar-refractivity contribution in [2.24, 2.45) is 0 Å².